The highest BCUT2D eigenvalue weighted by atomic mass is 15.2. The van der Waals surface area contributed by atoms with E-state index in [1.807, 2.05) is 0 Å². The zero-order valence-electron chi connectivity index (χ0n) is 12.7. The van der Waals surface area contributed by atoms with E-state index in [0.717, 1.165) is 0 Å². The molecule has 1 atom stereocenters. The molecule has 2 heteroatoms. The lowest BCUT2D eigenvalue weighted by molar-refractivity contribution is 0.215. The molecule has 5 rings (SSSR count). The number of aromatic amines is 1. The molecular formula is C20H20N2. The quantitative estimate of drug-likeness (QED) is 0.661. The average molecular weight is 288 g/mol. The predicted octanol–water partition coefficient (Wildman–Crippen LogP) is 4.06. The van der Waals surface area contributed by atoms with Crippen LogP contribution >= 0.6 is 0 Å². The van der Waals surface area contributed by atoms with E-state index >= 15 is 0 Å². The maximum atomic E-state index is 3.75. The van der Waals surface area contributed by atoms with Gasteiger partial charge in [-0.3, -0.25) is 4.90 Å². The van der Waals surface area contributed by atoms with Gasteiger partial charge in [0.05, 0.1) is 6.04 Å². The molecule has 0 unspecified atom stereocenters. The Morgan fingerprint density at radius 2 is 1.77 bits per heavy atom. The second-order valence-electron chi connectivity index (χ2n) is 6.55. The smallest absolute Gasteiger partial charge is 0.0760 e. The number of fused-ring (bicyclic) bond motifs is 7. The minimum absolute atomic E-state index is 0.412. The minimum Gasteiger partial charge on any atom is -0.357 e. The first kappa shape index (κ1) is 12.5. The van der Waals surface area contributed by atoms with Gasteiger partial charge in [-0.1, -0.05) is 42.5 Å². The third-order valence-electron chi connectivity index (χ3n) is 5.38. The maximum Gasteiger partial charge on any atom is 0.0760 e. The SMILES string of the molecule is c1ccc2c(c1)CCN1CCCc3c([nH]c4ccccc34)[C@H]21. The Bertz CT molecular complexity index is 846. The third kappa shape index (κ3) is 1.71. The van der Waals surface area contributed by atoms with Crippen LogP contribution in [0, 0.1) is 0 Å². The van der Waals surface area contributed by atoms with Crippen LogP contribution in [-0.2, 0) is 12.8 Å². The van der Waals surface area contributed by atoms with Gasteiger partial charge in [-0.2, -0.15) is 0 Å². The number of benzene rings is 2. The standard InChI is InChI=1S/C20H20N2/c1-2-7-15-14(6-1)11-13-22-12-5-9-17-16-8-3-4-10-18(16)21-19(17)20(15)22/h1-4,6-8,10,20-21H,5,9,11-13H2/t20-/m0/s1. The predicted molar refractivity (Wildman–Crippen MR) is 90.2 cm³/mol. The van der Waals surface area contributed by atoms with Gasteiger partial charge in [-0.25, -0.2) is 0 Å². The van der Waals surface area contributed by atoms with Gasteiger partial charge >= 0.3 is 0 Å². The fourth-order valence-corrected chi connectivity index (χ4v) is 4.38. The van der Waals surface area contributed by atoms with Crippen LogP contribution in [0.15, 0.2) is 48.5 Å². The van der Waals surface area contributed by atoms with Gasteiger partial charge in [0.2, 0.25) is 0 Å². The summed E-state index contributed by atoms with van der Waals surface area (Å²) in [7, 11) is 0. The Labute approximate surface area is 130 Å². The van der Waals surface area contributed by atoms with Gasteiger partial charge in [0.15, 0.2) is 0 Å². The number of nitrogens with zero attached hydrogens (tertiary/aromatic N) is 1. The van der Waals surface area contributed by atoms with Gasteiger partial charge in [0, 0.05) is 23.1 Å². The third-order valence-corrected chi connectivity index (χ3v) is 5.38. The van der Waals surface area contributed by atoms with Crippen molar-refractivity contribution in [3.05, 3.63) is 70.9 Å². The molecule has 0 radical (unpaired) electrons. The molecule has 22 heavy (non-hydrogen) atoms. The van der Waals surface area contributed by atoms with Crippen molar-refractivity contribution in [3.8, 4) is 0 Å². The van der Waals surface area contributed by atoms with Crippen LogP contribution in [0.25, 0.3) is 10.9 Å². The Kier molecular flexibility index (Phi) is 2.68. The van der Waals surface area contributed by atoms with E-state index in [-0.39, 0.29) is 0 Å². The first-order valence-corrected chi connectivity index (χ1v) is 8.33. The maximum absolute atomic E-state index is 3.75. The van der Waals surface area contributed by atoms with E-state index in [4.69, 9.17) is 0 Å². The van der Waals surface area contributed by atoms with Crippen LogP contribution in [0.1, 0.15) is 34.8 Å². The number of rotatable bonds is 0. The number of nitrogens with one attached hydrogen (secondary N) is 1. The Morgan fingerprint density at radius 1 is 0.909 bits per heavy atom. The molecule has 0 spiro atoms. The van der Waals surface area contributed by atoms with Crippen molar-refractivity contribution >= 4 is 10.9 Å². The zero-order chi connectivity index (χ0) is 14.5. The van der Waals surface area contributed by atoms with Crippen molar-refractivity contribution in [1.82, 2.24) is 9.88 Å². The fraction of sp³-hybridized carbons (Fsp3) is 0.300. The lowest BCUT2D eigenvalue weighted by Crippen LogP contribution is -2.36. The molecule has 3 aromatic rings. The Hall–Kier alpha value is -2.06. The van der Waals surface area contributed by atoms with Gasteiger partial charge in [0.1, 0.15) is 0 Å². The summed E-state index contributed by atoms with van der Waals surface area (Å²) in [6.07, 6.45) is 3.63. The van der Waals surface area contributed by atoms with Crippen molar-refractivity contribution in [1.29, 1.82) is 0 Å². The molecule has 3 heterocycles. The van der Waals surface area contributed by atoms with E-state index in [0.29, 0.717) is 6.04 Å². The number of aryl methyl sites for hydroxylation is 1. The normalized spacial score (nSPS) is 21.0. The lowest BCUT2D eigenvalue weighted by atomic mass is 9.90. The summed E-state index contributed by atoms with van der Waals surface area (Å²) in [5, 5.41) is 1.42. The summed E-state index contributed by atoms with van der Waals surface area (Å²) in [6.45, 7) is 2.38. The first-order chi connectivity index (χ1) is 10.9. The number of para-hydroxylation sites is 1. The zero-order valence-corrected chi connectivity index (χ0v) is 12.7. The summed E-state index contributed by atoms with van der Waals surface area (Å²) in [5.74, 6) is 0. The van der Waals surface area contributed by atoms with E-state index in [1.165, 1.54) is 60.1 Å². The molecule has 1 N–H and O–H groups in total. The topological polar surface area (TPSA) is 19.0 Å². The number of hydrogen-bond acceptors (Lipinski definition) is 1. The monoisotopic (exact) mass is 288 g/mol. The summed E-state index contributed by atoms with van der Waals surface area (Å²) < 4.78 is 0. The van der Waals surface area contributed by atoms with Crippen LogP contribution in [0.4, 0.5) is 0 Å². The van der Waals surface area contributed by atoms with Crippen LogP contribution in [0.5, 0.6) is 0 Å². The summed E-state index contributed by atoms with van der Waals surface area (Å²) >= 11 is 0. The molecule has 2 aliphatic rings. The van der Waals surface area contributed by atoms with E-state index < -0.39 is 0 Å². The molecule has 0 fully saturated rings. The molecule has 110 valence electrons. The number of aromatic nitrogens is 1. The fourth-order valence-electron chi connectivity index (χ4n) is 4.38. The Morgan fingerprint density at radius 3 is 2.77 bits per heavy atom. The van der Waals surface area contributed by atoms with Crippen molar-refractivity contribution in [2.45, 2.75) is 25.3 Å². The summed E-state index contributed by atoms with van der Waals surface area (Å²) in [5.41, 5.74) is 7.29. The molecule has 0 aliphatic carbocycles. The molecule has 2 nitrogen and oxygen atoms in total. The molecule has 0 amide bonds. The number of hydrogen-bond donors (Lipinski definition) is 1. The number of H-pyrrole nitrogens is 1. The highest BCUT2D eigenvalue weighted by Crippen LogP contribution is 2.40. The molecule has 0 saturated heterocycles. The van der Waals surface area contributed by atoms with Crippen molar-refractivity contribution in [2.75, 3.05) is 13.1 Å². The van der Waals surface area contributed by atoms with Crippen molar-refractivity contribution in [3.63, 3.8) is 0 Å². The molecular weight excluding hydrogens is 268 g/mol. The van der Waals surface area contributed by atoms with Gasteiger partial charge < -0.3 is 4.98 Å². The largest absolute Gasteiger partial charge is 0.357 e. The summed E-state index contributed by atoms with van der Waals surface area (Å²) in [6, 6.07) is 18.2. The van der Waals surface area contributed by atoms with E-state index in [1.54, 1.807) is 5.56 Å². The highest BCUT2D eigenvalue weighted by Gasteiger charge is 2.33. The van der Waals surface area contributed by atoms with Crippen LogP contribution < -0.4 is 0 Å². The van der Waals surface area contributed by atoms with Crippen molar-refractivity contribution in [2.24, 2.45) is 0 Å². The second-order valence-corrected chi connectivity index (χ2v) is 6.55. The molecule has 0 saturated carbocycles. The van der Waals surface area contributed by atoms with Gasteiger partial charge in [-0.15, -0.1) is 0 Å². The van der Waals surface area contributed by atoms with Crippen LogP contribution in [-0.4, -0.2) is 23.0 Å². The molecule has 0 bridgehead atoms. The van der Waals surface area contributed by atoms with Crippen LogP contribution in [0.3, 0.4) is 0 Å². The molecule has 2 aliphatic heterocycles. The van der Waals surface area contributed by atoms with Crippen LogP contribution in [0.2, 0.25) is 0 Å². The Balaban J connectivity index is 1.78. The lowest BCUT2D eigenvalue weighted by Gasteiger charge is -2.36. The van der Waals surface area contributed by atoms with E-state index in [9.17, 15) is 0 Å². The molecule has 1 aromatic heterocycles. The van der Waals surface area contributed by atoms with Gasteiger partial charge in [0.25, 0.3) is 0 Å². The van der Waals surface area contributed by atoms with Gasteiger partial charge in [-0.05, 0) is 48.6 Å². The average Bonchev–Trinajstić information content (AvgIpc) is 2.82. The second kappa shape index (κ2) is 4.72. The first-order valence-electron chi connectivity index (χ1n) is 8.33. The highest BCUT2D eigenvalue weighted by molar-refractivity contribution is 5.85. The summed E-state index contributed by atoms with van der Waals surface area (Å²) in [4.78, 5) is 6.42. The van der Waals surface area contributed by atoms with E-state index in [2.05, 4.69) is 58.4 Å². The van der Waals surface area contributed by atoms with Crippen molar-refractivity contribution < 1.29 is 0 Å². The minimum atomic E-state index is 0.412. The molecule has 2 aromatic carbocycles.